The summed E-state index contributed by atoms with van der Waals surface area (Å²) < 4.78 is 44.9. The Morgan fingerprint density at radius 3 is 2.39 bits per heavy atom. The van der Waals surface area contributed by atoms with Crippen molar-refractivity contribution in [1.82, 2.24) is 19.8 Å². The van der Waals surface area contributed by atoms with Crippen molar-refractivity contribution in [2.24, 2.45) is 0 Å². The van der Waals surface area contributed by atoms with Crippen LogP contribution in [0.15, 0.2) is 57.9 Å². The number of piperidine rings is 1. The third-order valence-electron chi connectivity index (χ3n) is 5.05. The van der Waals surface area contributed by atoms with E-state index >= 15 is 0 Å². The molecule has 1 fully saturated rings. The Bertz CT molecular complexity index is 1150. The van der Waals surface area contributed by atoms with Crippen LogP contribution in [0, 0.1) is 5.82 Å². The van der Waals surface area contributed by atoms with Crippen LogP contribution in [0.1, 0.15) is 35.5 Å². The van der Waals surface area contributed by atoms with E-state index in [1.165, 1.54) is 28.6 Å². The van der Waals surface area contributed by atoms with Gasteiger partial charge in [0.2, 0.25) is 15.8 Å². The molecule has 0 unspecified atom stereocenters. The molecule has 1 aliphatic rings. The molecular formula is C21H21FN4O4S. The van der Waals surface area contributed by atoms with E-state index in [0.29, 0.717) is 18.7 Å². The zero-order chi connectivity index (χ0) is 21.8. The normalized spacial score (nSPS) is 15.0. The molecular weight excluding hydrogens is 423 g/mol. The maximum absolute atomic E-state index is 12.9. The topological polar surface area (TPSA) is 105 Å². The molecule has 0 spiro atoms. The molecule has 1 aromatic heterocycles. The lowest BCUT2D eigenvalue weighted by molar-refractivity contribution is 0.0907. The molecule has 1 saturated heterocycles. The average molecular weight is 444 g/mol. The van der Waals surface area contributed by atoms with Crippen LogP contribution in [0.2, 0.25) is 0 Å². The summed E-state index contributed by atoms with van der Waals surface area (Å²) in [5, 5.41) is 6.42. The number of nitrogens with one attached hydrogen (secondary N) is 1. The predicted molar refractivity (Wildman–Crippen MR) is 110 cm³/mol. The van der Waals surface area contributed by atoms with Crippen molar-refractivity contribution in [2.75, 3.05) is 13.1 Å². The lowest BCUT2D eigenvalue weighted by Gasteiger charge is -2.25. The van der Waals surface area contributed by atoms with Crippen LogP contribution >= 0.6 is 0 Å². The molecule has 0 bridgehead atoms. The third-order valence-corrected chi connectivity index (χ3v) is 6.96. The molecule has 2 heterocycles. The molecule has 0 aliphatic carbocycles. The van der Waals surface area contributed by atoms with Crippen molar-refractivity contribution in [3.63, 3.8) is 0 Å². The van der Waals surface area contributed by atoms with Crippen molar-refractivity contribution in [3.05, 3.63) is 65.8 Å². The SMILES string of the molecule is O=C(NCc1ccc(F)cc1)c1nc(-c2ccc(S(=O)(=O)N3CCCCC3)cc2)no1. The van der Waals surface area contributed by atoms with Crippen LogP contribution in [0.3, 0.4) is 0 Å². The van der Waals surface area contributed by atoms with E-state index in [1.807, 2.05) is 0 Å². The van der Waals surface area contributed by atoms with Gasteiger partial charge in [-0.3, -0.25) is 4.79 Å². The number of aromatic nitrogens is 2. The molecule has 0 radical (unpaired) electrons. The first-order chi connectivity index (χ1) is 14.9. The number of hydrogen-bond acceptors (Lipinski definition) is 6. The van der Waals surface area contributed by atoms with Gasteiger partial charge in [-0.05, 0) is 54.8 Å². The molecule has 0 atom stereocenters. The van der Waals surface area contributed by atoms with Crippen molar-refractivity contribution >= 4 is 15.9 Å². The van der Waals surface area contributed by atoms with E-state index < -0.39 is 15.9 Å². The summed E-state index contributed by atoms with van der Waals surface area (Å²) in [4.78, 5) is 16.5. The molecule has 0 saturated carbocycles. The first kappa shape index (κ1) is 21.1. The lowest BCUT2D eigenvalue weighted by Crippen LogP contribution is -2.35. The van der Waals surface area contributed by atoms with E-state index in [2.05, 4.69) is 15.5 Å². The first-order valence-corrected chi connectivity index (χ1v) is 11.3. The Morgan fingerprint density at radius 1 is 1.03 bits per heavy atom. The molecule has 1 amide bonds. The van der Waals surface area contributed by atoms with Crippen molar-refractivity contribution < 1.29 is 22.1 Å². The number of hydrogen-bond donors (Lipinski definition) is 1. The van der Waals surface area contributed by atoms with Gasteiger partial charge in [0.15, 0.2) is 0 Å². The highest BCUT2D eigenvalue weighted by Crippen LogP contribution is 2.23. The second-order valence-electron chi connectivity index (χ2n) is 7.22. The molecule has 8 nitrogen and oxygen atoms in total. The van der Waals surface area contributed by atoms with Crippen molar-refractivity contribution in [3.8, 4) is 11.4 Å². The maximum atomic E-state index is 12.9. The number of benzene rings is 2. The number of sulfonamides is 1. The number of carbonyl (C=O) groups is 1. The summed E-state index contributed by atoms with van der Waals surface area (Å²) in [6.07, 6.45) is 2.78. The number of halogens is 1. The highest BCUT2D eigenvalue weighted by molar-refractivity contribution is 7.89. The lowest BCUT2D eigenvalue weighted by atomic mass is 10.2. The molecule has 162 valence electrons. The Hall–Kier alpha value is -3.11. The Labute approximate surface area is 179 Å². The monoisotopic (exact) mass is 444 g/mol. The van der Waals surface area contributed by atoms with E-state index in [-0.39, 0.29) is 29.0 Å². The summed E-state index contributed by atoms with van der Waals surface area (Å²) in [6, 6.07) is 11.9. The zero-order valence-corrected chi connectivity index (χ0v) is 17.4. The van der Waals surface area contributed by atoms with Crippen molar-refractivity contribution in [1.29, 1.82) is 0 Å². The fourth-order valence-corrected chi connectivity index (χ4v) is 4.84. The minimum Gasteiger partial charge on any atom is -0.344 e. The highest BCUT2D eigenvalue weighted by Gasteiger charge is 2.26. The summed E-state index contributed by atoms with van der Waals surface area (Å²) >= 11 is 0. The number of carbonyl (C=O) groups excluding carboxylic acids is 1. The third kappa shape index (κ3) is 4.80. The van der Waals surface area contributed by atoms with Gasteiger partial charge in [0, 0.05) is 25.2 Å². The molecule has 1 aliphatic heterocycles. The minimum absolute atomic E-state index is 0.175. The van der Waals surface area contributed by atoms with Gasteiger partial charge >= 0.3 is 11.8 Å². The minimum atomic E-state index is -3.52. The van der Waals surface area contributed by atoms with Gasteiger partial charge in [0.1, 0.15) is 5.82 Å². The van der Waals surface area contributed by atoms with Gasteiger partial charge in [0.05, 0.1) is 4.90 Å². The van der Waals surface area contributed by atoms with Crippen molar-refractivity contribution in [2.45, 2.75) is 30.7 Å². The van der Waals surface area contributed by atoms with Crippen LogP contribution < -0.4 is 5.32 Å². The smallest absolute Gasteiger partial charge is 0.316 e. The highest BCUT2D eigenvalue weighted by atomic mass is 32.2. The van der Waals surface area contributed by atoms with Gasteiger partial charge in [-0.25, -0.2) is 12.8 Å². The average Bonchev–Trinajstić information content (AvgIpc) is 3.30. The number of rotatable bonds is 6. The molecule has 1 N–H and O–H groups in total. The Kier molecular flexibility index (Phi) is 6.10. The van der Waals surface area contributed by atoms with E-state index in [4.69, 9.17) is 4.52 Å². The maximum Gasteiger partial charge on any atom is 0.316 e. The first-order valence-electron chi connectivity index (χ1n) is 9.90. The van der Waals surface area contributed by atoms with E-state index in [0.717, 1.165) is 24.8 Å². The van der Waals surface area contributed by atoms with Gasteiger partial charge in [-0.2, -0.15) is 9.29 Å². The fraction of sp³-hybridized carbons (Fsp3) is 0.286. The number of nitrogens with zero attached hydrogens (tertiary/aromatic N) is 3. The Morgan fingerprint density at radius 2 is 1.71 bits per heavy atom. The van der Waals surface area contributed by atoms with Crippen LogP contribution in [-0.2, 0) is 16.6 Å². The molecule has 31 heavy (non-hydrogen) atoms. The van der Waals surface area contributed by atoms with Crippen LogP contribution in [0.25, 0.3) is 11.4 Å². The second-order valence-corrected chi connectivity index (χ2v) is 9.16. The number of amides is 1. The van der Waals surface area contributed by atoms with Gasteiger partial charge in [0.25, 0.3) is 0 Å². The van der Waals surface area contributed by atoms with Gasteiger partial charge in [-0.15, -0.1) is 0 Å². The summed E-state index contributed by atoms with van der Waals surface area (Å²) in [5.41, 5.74) is 1.25. The summed E-state index contributed by atoms with van der Waals surface area (Å²) in [5.74, 6) is -0.963. The summed E-state index contributed by atoms with van der Waals surface area (Å²) in [7, 11) is -3.52. The van der Waals surface area contributed by atoms with Crippen LogP contribution in [-0.4, -0.2) is 41.9 Å². The summed E-state index contributed by atoms with van der Waals surface area (Å²) in [6.45, 7) is 1.25. The standard InChI is InChI=1S/C21H21FN4O4S/c22-17-8-4-15(5-9-17)14-23-20(27)21-24-19(25-30-21)16-6-10-18(11-7-16)31(28,29)26-12-2-1-3-13-26/h4-11H,1-3,12-14H2,(H,23,27). The van der Waals surface area contributed by atoms with Gasteiger partial charge < -0.3 is 9.84 Å². The molecule has 10 heteroatoms. The van der Waals surface area contributed by atoms with E-state index in [9.17, 15) is 17.6 Å². The van der Waals surface area contributed by atoms with Crippen LogP contribution in [0.4, 0.5) is 4.39 Å². The second kappa shape index (κ2) is 8.94. The largest absolute Gasteiger partial charge is 0.344 e. The zero-order valence-electron chi connectivity index (χ0n) is 16.6. The quantitative estimate of drug-likeness (QED) is 0.627. The molecule has 2 aromatic carbocycles. The predicted octanol–water partition coefficient (Wildman–Crippen LogP) is 2.98. The fourth-order valence-electron chi connectivity index (χ4n) is 3.32. The van der Waals surface area contributed by atoms with Crippen LogP contribution in [0.5, 0.6) is 0 Å². The molecule has 4 rings (SSSR count). The molecule has 3 aromatic rings. The Balaban J connectivity index is 1.42. The van der Waals surface area contributed by atoms with Gasteiger partial charge in [-0.1, -0.05) is 23.7 Å². The van der Waals surface area contributed by atoms with E-state index in [1.54, 1.807) is 24.3 Å².